The Morgan fingerprint density at radius 3 is 2.49 bits per heavy atom. The molecule has 3 N–H and O–H groups in total. The third-order valence-electron chi connectivity index (χ3n) is 8.55. The summed E-state index contributed by atoms with van der Waals surface area (Å²) in [5, 5.41) is 24.0. The summed E-state index contributed by atoms with van der Waals surface area (Å²) in [5.41, 5.74) is -0.563. The van der Waals surface area contributed by atoms with E-state index >= 15 is 0 Å². The van der Waals surface area contributed by atoms with E-state index in [4.69, 9.17) is 14.8 Å². The summed E-state index contributed by atoms with van der Waals surface area (Å²) in [7, 11) is 0. The molecule has 192 valence electrons. The van der Waals surface area contributed by atoms with Crippen LogP contribution >= 0.6 is 11.8 Å². The Morgan fingerprint density at radius 2 is 1.89 bits per heavy atom. The summed E-state index contributed by atoms with van der Waals surface area (Å²) in [4.78, 5) is 31.5. The number of carbonyl (C=O) groups is 2. The fourth-order valence-corrected chi connectivity index (χ4v) is 7.93. The molecule has 5 fully saturated rings. The third kappa shape index (κ3) is 5.12. The molecular weight excluding hydrogens is 466 g/mol. The van der Waals surface area contributed by atoms with Crippen molar-refractivity contribution >= 4 is 29.6 Å². The van der Waals surface area contributed by atoms with Gasteiger partial charge in [-0.25, -0.2) is 9.78 Å². The van der Waals surface area contributed by atoms with Gasteiger partial charge in [0.25, 0.3) is 5.91 Å². The number of nitrogens with zero attached hydrogens (tertiary/aromatic N) is 2. The number of pyridine rings is 1. The van der Waals surface area contributed by atoms with Gasteiger partial charge in [-0.15, -0.1) is 11.8 Å². The second-order valence-electron chi connectivity index (χ2n) is 11.4. The van der Waals surface area contributed by atoms with E-state index in [0.29, 0.717) is 49.2 Å². The van der Waals surface area contributed by atoms with Crippen molar-refractivity contribution in [3.05, 3.63) is 17.7 Å². The zero-order chi connectivity index (χ0) is 24.8. The average Bonchev–Trinajstić information content (AvgIpc) is 2.78. The number of nitrogens with one attached hydrogen (secondary N) is 1. The average molecular weight is 504 g/mol. The van der Waals surface area contributed by atoms with Crippen molar-refractivity contribution in [2.45, 2.75) is 87.5 Å². The maximum Gasteiger partial charge on any atom is 0.506 e. The molecule has 1 saturated heterocycles. The van der Waals surface area contributed by atoms with Gasteiger partial charge in [0.2, 0.25) is 0 Å². The van der Waals surface area contributed by atoms with Gasteiger partial charge in [0.1, 0.15) is 16.4 Å². The van der Waals surface area contributed by atoms with E-state index in [2.05, 4.69) is 17.1 Å². The number of hydrogen-bond donors (Lipinski definition) is 3. The third-order valence-corrected chi connectivity index (χ3v) is 9.75. The quantitative estimate of drug-likeness (QED) is 0.373. The summed E-state index contributed by atoms with van der Waals surface area (Å²) in [6.07, 6.45) is 5.70. The number of carbonyl (C=O) groups excluding carboxylic acids is 1. The summed E-state index contributed by atoms with van der Waals surface area (Å²) in [6, 6.07) is 3.93. The minimum absolute atomic E-state index is 0.0619. The van der Waals surface area contributed by atoms with Crippen LogP contribution in [-0.4, -0.2) is 63.3 Å². The normalized spacial score (nSPS) is 32.9. The van der Waals surface area contributed by atoms with Gasteiger partial charge in [-0.2, -0.15) is 0 Å². The summed E-state index contributed by atoms with van der Waals surface area (Å²) < 4.78 is 5.11. The van der Waals surface area contributed by atoms with Crippen molar-refractivity contribution < 1.29 is 24.5 Å². The SMILES string of the molecule is CCCSc1nc(N2CCC(C)(OC(=O)O)CC2)ccc1C(=O)N[C@H]1C2CC3CC1C[C@@](O)(C3)C2. The Morgan fingerprint density at radius 1 is 1.20 bits per heavy atom. The lowest BCUT2D eigenvalue weighted by Gasteiger charge is -2.58. The molecule has 35 heavy (non-hydrogen) atoms. The molecule has 8 nitrogen and oxygen atoms in total. The lowest BCUT2D eigenvalue weighted by Crippen LogP contribution is -2.61. The number of rotatable bonds is 7. The van der Waals surface area contributed by atoms with Gasteiger partial charge in [0.05, 0.1) is 11.2 Å². The molecule has 0 spiro atoms. The molecule has 0 radical (unpaired) electrons. The number of anilines is 1. The lowest BCUT2D eigenvalue weighted by molar-refractivity contribution is -0.136. The van der Waals surface area contributed by atoms with Crippen LogP contribution in [0, 0.1) is 17.8 Å². The molecular formula is C26H37N3O5S. The first-order valence-corrected chi connectivity index (χ1v) is 14.0. The van der Waals surface area contributed by atoms with Gasteiger partial charge in [-0.1, -0.05) is 6.92 Å². The first kappa shape index (κ1) is 24.7. The van der Waals surface area contributed by atoms with Crippen molar-refractivity contribution in [2.75, 3.05) is 23.7 Å². The molecule has 5 aliphatic rings. The van der Waals surface area contributed by atoms with E-state index in [1.54, 1.807) is 11.8 Å². The highest BCUT2D eigenvalue weighted by atomic mass is 32.2. The van der Waals surface area contributed by atoms with Crippen LogP contribution in [0.2, 0.25) is 0 Å². The zero-order valence-corrected chi connectivity index (χ0v) is 21.5. The second-order valence-corrected chi connectivity index (χ2v) is 12.5. The van der Waals surface area contributed by atoms with Crippen molar-refractivity contribution in [2.24, 2.45) is 17.8 Å². The van der Waals surface area contributed by atoms with Gasteiger partial charge in [-0.3, -0.25) is 4.79 Å². The minimum atomic E-state index is -1.24. The molecule has 1 aromatic heterocycles. The highest BCUT2D eigenvalue weighted by Gasteiger charge is 2.55. The summed E-state index contributed by atoms with van der Waals surface area (Å²) in [5.74, 6) is 2.97. The minimum Gasteiger partial charge on any atom is -0.450 e. The zero-order valence-electron chi connectivity index (χ0n) is 20.7. The predicted octanol–water partition coefficient (Wildman–Crippen LogP) is 4.31. The number of thioether (sulfide) groups is 1. The van der Waals surface area contributed by atoms with Gasteiger partial charge >= 0.3 is 6.16 Å². The van der Waals surface area contributed by atoms with Crippen LogP contribution < -0.4 is 10.2 Å². The number of aromatic nitrogens is 1. The Hall–Kier alpha value is -2.00. The Balaban J connectivity index is 1.29. The maximum atomic E-state index is 13.5. The molecule has 1 amide bonds. The molecule has 1 aromatic rings. The number of aliphatic hydroxyl groups is 1. The fraction of sp³-hybridized carbons (Fsp3) is 0.731. The molecule has 2 heterocycles. The van der Waals surface area contributed by atoms with E-state index in [9.17, 15) is 14.7 Å². The highest BCUT2D eigenvalue weighted by molar-refractivity contribution is 7.99. The largest absolute Gasteiger partial charge is 0.506 e. The topological polar surface area (TPSA) is 112 Å². The predicted molar refractivity (Wildman–Crippen MR) is 134 cm³/mol. The summed E-state index contributed by atoms with van der Waals surface area (Å²) >= 11 is 1.61. The van der Waals surface area contributed by atoms with E-state index in [1.807, 2.05) is 19.1 Å². The van der Waals surface area contributed by atoms with Crippen LogP contribution in [0.1, 0.15) is 75.6 Å². The van der Waals surface area contributed by atoms with Crippen molar-refractivity contribution in [1.82, 2.24) is 10.3 Å². The number of piperidine rings is 1. The second kappa shape index (κ2) is 9.47. The smallest absolute Gasteiger partial charge is 0.450 e. The maximum absolute atomic E-state index is 13.5. The van der Waals surface area contributed by atoms with Crippen molar-refractivity contribution in [1.29, 1.82) is 0 Å². The number of ether oxygens (including phenoxy) is 1. The first-order chi connectivity index (χ1) is 16.7. The van der Waals surface area contributed by atoms with Crippen LogP contribution in [-0.2, 0) is 4.74 Å². The highest BCUT2D eigenvalue weighted by Crippen LogP contribution is 2.55. The van der Waals surface area contributed by atoms with Gasteiger partial charge < -0.3 is 25.2 Å². The van der Waals surface area contributed by atoms with E-state index < -0.39 is 17.4 Å². The lowest BCUT2D eigenvalue weighted by atomic mass is 9.52. The molecule has 1 aliphatic heterocycles. The van der Waals surface area contributed by atoms with Gasteiger partial charge in [0.15, 0.2) is 0 Å². The standard InChI is InChI=1S/C26H37N3O5S/c1-3-10-35-23-19(4-5-20(27-23)29-8-6-25(2,7-9-29)34-24(31)32)22(30)28-21-17-11-16-12-18(21)15-26(33,13-16)14-17/h4-5,16-18,21,33H,3,6-15H2,1-2H3,(H,28,30)(H,31,32)/t16?,17?,18?,21-,26+. The molecule has 4 saturated carbocycles. The van der Waals surface area contributed by atoms with E-state index in [-0.39, 0.29) is 11.9 Å². The Bertz CT molecular complexity index is 964. The molecule has 4 bridgehead atoms. The van der Waals surface area contributed by atoms with Crippen LogP contribution in [0.5, 0.6) is 0 Å². The van der Waals surface area contributed by atoms with Crippen LogP contribution in [0.15, 0.2) is 17.2 Å². The van der Waals surface area contributed by atoms with Crippen LogP contribution in [0.3, 0.4) is 0 Å². The van der Waals surface area contributed by atoms with E-state index in [0.717, 1.165) is 55.1 Å². The van der Waals surface area contributed by atoms with E-state index in [1.165, 1.54) is 0 Å². The van der Waals surface area contributed by atoms with Gasteiger partial charge in [-0.05, 0) is 81.1 Å². The summed E-state index contributed by atoms with van der Waals surface area (Å²) in [6.45, 7) is 5.25. The Labute approximate surface area is 211 Å². The molecule has 9 heteroatoms. The first-order valence-electron chi connectivity index (χ1n) is 13.0. The van der Waals surface area contributed by atoms with Crippen LogP contribution in [0.4, 0.5) is 10.6 Å². The monoisotopic (exact) mass is 503 g/mol. The van der Waals surface area contributed by atoms with Crippen LogP contribution in [0.25, 0.3) is 0 Å². The number of hydrogen-bond acceptors (Lipinski definition) is 7. The van der Waals surface area contributed by atoms with Crippen molar-refractivity contribution in [3.63, 3.8) is 0 Å². The molecule has 2 atom stereocenters. The van der Waals surface area contributed by atoms with Gasteiger partial charge in [0, 0.05) is 32.0 Å². The Kier molecular flexibility index (Phi) is 6.68. The number of carboxylic acid groups (broad SMARTS) is 1. The van der Waals surface area contributed by atoms with Crippen molar-refractivity contribution in [3.8, 4) is 0 Å². The molecule has 4 aliphatic carbocycles. The molecule has 6 rings (SSSR count). The number of amides is 1. The molecule has 0 aromatic carbocycles. The fourth-order valence-electron chi connectivity index (χ4n) is 7.06. The molecule has 2 unspecified atom stereocenters.